The Hall–Kier alpha value is -0.760. The van der Waals surface area contributed by atoms with Gasteiger partial charge in [-0.15, -0.1) is 11.6 Å². The SMILES string of the molecule is Cc1cc(OC(C)C)cc(CCl)n1. The van der Waals surface area contributed by atoms with Crippen LogP contribution in [0.2, 0.25) is 0 Å². The molecule has 0 aliphatic heterocycles. The van der Waals surface area contributed by atoms with Crippen LogP contribution in [-0.2, 0) is 5.88 Å². The van der Waals surface area contributed by atoms with E-state index in [1.54, 1.807) is 0 Å². The van der Waals surface area contributed by atoms with Crippen molar-refractivity contribution in [3.8, 4) is 5.75 Å². The van der Waals surface area contributed by atoms with Crippen LogP contribution in [0.5, 0.6) is 5.75 Å². The van der Waals surface area contributed by atoms with Gasteiger partial charge in [0.1, 0.15) is 5.75 Å². The molecule has 0 bridgehead atoms. The number of aryl methyl sites for hydroxylation is 1. The maximum atomic E-state index is 5.69. The van der Waals surface area contributed by atoms with Crippen LogP contribution in [0, 0.1) is 6.92 Å². The molecule has 13 heavy (non-hydrogen) atoms. The van der Waals surface area contributed by atoms with Crippen LogP contribution in [0.3, 0.4) is 0 Å². The number of ether oxygens (including phenoxy) is 1. The maximum Gasteiger partial charge on any atom is 0.123 e. The lowest BCUT2D eigenvalue weighted by atomic mass is 10.3. The van der Waals surface area contributed by atoms with E-state index in [0.717, 1.165) is 17.1 Å². The molecule has 1 heterocycles. The minimum atomic E-state index is 0.185. The molecule has 0 aliphatic carbocycles. The zero-order chi connectivity index (χ0) is 9.84. The van der Waals surface area contributed by atoms with Crippen molar-refractivity contribution in [3.05, 3.63) is 23.5 Å². The molecule has 0 amide bonds. The third kappa shape index (κ3) is 3.23. The number of rotatable bonds is 3. The van der Waals surface area contributed by atoms with Crippen molar-refractivity contribution in [3.63, 3.8) is 0 Å². The Balaban J connectivity index is 2.88. The van der Waals surface area contributed by atoms with Gasteiger partial charge in [-0.05, 0) is 20.8 Å². The van der Waals surface area contributed by atoms with Gasteiger partial charge in [-0.1, -0.05) is 0 Å². The van der Waals surface area contributed by atoms with E-state index in [9.17, 15) is 0 Å². The van der Waals surface area contributed by atoms with Crippen molar-refractivity contribution >= 4 is 11.6 Å². The Labute approximate surface area is 83.9 Å². The largest absolute Gasteiger partial charge is 0.491 e. The molecule has 0 N–H and O–H groups in total. The molecule has 1 rings (SSSR count). The lowest BCUT2D eigenvalue weighted by Crippen LogP contribution is -2.06. The summed E-state index contributed by atoms with van der Waals surface area (Å²) in [5.41, 5.74) is 1.80. The van der Waals surface area contributed by atoms with Crippen LogP contribution < -0.4 is 4.74 Å². The van der Waals surface area contributed by atoms with E-state index in [1.807, 2.05) is 32.9 Å². The summed E-state index contributed by atoms with van der Waals surface area (Å²) in [5, 5.41) is 0. The summed E-state index contributed by atoms with van der Waals surface area (Å²) in [6, 6.07) is 3.79. The van der Waals surface area contributed by atoms with Crippen LogP contribution in [-0.4, -0.2) is 11.1 Å². The Kier molecular flexibility index (Phi) is 3.55. The van der Waals surface area contributed by atoms with E-state index in [2.05, 4.69) is 4.98 Å². The molecule has 3 heteroatoms. The summed E-state index contributed by atoms with van der Waals surface area (Å²) < 4.78 is 5.54. The number of alkyl halides is 1. The molecule has 0 aromatic carbocycles. The van der Waals surface area contributed by atoms with E-state index in [0.29, 0.717) is 5.88 Å². The van der Waals surface area contributed by atoms with Crippen molar-refractivity contribution < 1.29 is 4.74 Å². The molecule has 0 fully saturated rings. The van der Waals surface area contributed by atoms with Crippen molar-refractivity contribution in [1.82, 2.24) is 4.98 Å². The number of aromatic nitrogens is 1. The minimum absolute atomic E-state index is 0.185. The average Bonchev–Trinajstić information content (AvgIpc) is 2.01. The summed E-state index contributed by atoms with van der Waals surface area (Å²) >= 11 is 5.69. The van der Waals surface area contributed by atoms with Gasteiger partial charge in [0.15, 0.2) is 0 Å². The normalized spacial score (nSPS) is 10.5. The zero-order valence-electron chi connectivity index (χ0n) is 8.17. The Morgan fingerprint density at radius 2 is 2.15 bits per heavy atom. The van der Waals surface area contributed by atoms with Gasteiger partial charge >= 0.3 is 0 Å². The lowest BCUT2D eigenvalue weighted by molar-refractivity contribution is 0.242. The van der Waals surface area contributed by atoms with Crippen molar-refractivity contribution in [2.24, 2.45) is 0 Å². The Morgan fingerprint density at radius 1 is 1.46 bits per heavy atom. The summed E-state index contributed by atoms with van der Waals surface area (Å²) in [6.07, 6.45) is 0.185. The predicted octanol–water partition coefficient (Wildman–Crippen LogP) is 2.92. The standard InChI is InChI=1S/C10H14ClNO/c1-7(2)13-10-4-8(3)12-9(5-10)6-11/h4-5,7H,6H2,1-3H3. The highest BCUT2D eigenvalue weighted by Crippen LogP contribution is 2.16. The highest BCUT2D eigenvalue weighted by atomic mass is 35.5. The molecular weight excluding hydrogens is 186 g/mol. The van der Waals surface area contributed by atoms with Crippen LogP contribution in [0.1, 0.15) is 25.2 Å². The summed E-state index contributed by atoms with van der Waals surface area (Å²) in [7, 11) is 0. The van der Waals surface area contributed by atoms with Crippen molar-refractivity contribution in [2.45, 2.75) is 32.8 Å². The highest BCUT2D eigenvalue weighted by Gasteiger charge is 2.01. The Morgan fingerprint density at radius 3 is 2.69 bits per heavy atom. The quantitative estimate of drug-likeness (QED) is 0.699. The first kappa shape index (κ1) is 10.3. The molecule has 0 saturated heterocycles. The fraction of sp³-hybridized carbons (Fsp3) is 0.500. The van der Waals surface area contributed by atoms with Crippen LogP contribution in [0.25, 0.3) is 0 Å². The van der Waals surface area contributed by atoms with Gasteiger partial charge in [-0.2, -0.15) is 0 Å². The molecule has 0 atom stereocenters. The molecule has 0 spiro atoms. The summed E-state index contributed by atoms with van der Waals surface area (Å²) in [5.74, 6) is 1.27. The maximum absolute atomic E-state index is 5.69. The van der Waals surface area contributed by atoms with Crippen molar-refractivity contribution in [1.29, 1.82) is 0 Å². The molecule has 0 unspecified atom stereocenters. The topological polar surface area (TPSA) is 22.1 Å². The van der Waals surface area contributed by atoms with E-state index in [4.69, 9.17) is 16.3 Å². The summed E-state index contributed by atoms with van der Waals surface area (Å²) in [6.45, 7) is 5.93. The smallest absolute Gasteiger partial charge is 0.123 e. The minimum Gasteiger partial charge on any atom is -0.491 e. The molecule has 0 aliphatic rings. The van der Waals surface area contributed by atoms with Gasteiger partial charge in [-0.3, -0.25) is 4.98 Å². The highest BCUT2D eigenvalue weighted by molar-refractivity contribution is 6.16. The molecule has 1 aromatic rings. The third-order valence-electron chi connectivity index (χ3n) is 1.49. The van der Waals surface area contributed by atoms with Gasteiger partial charge in [0.25, 0.3) is 0 Å². The molecular formula is C10H14ClNO. The number of halogens is 1. The summed E-state index contributed by atoms with van der Waals surface area (Å²) in [4.78, 5) is 4.25. The second-order valence-corrected chi connectivity index (χ2v) is 3.50. The molecule has 1 aromatic heterocycles. The molecule has 2 nitrogen and oxygen atoms in total. The van der Waals surface area contributed by atoms with Crippen LogP contribution in [0.15, 0.2) is 12.1 Å². The zero-order valence-corrected chi connectivity index (χ0v) is 8.93. The second kappa shape index (κ2) is 4.47. The van der Waals surface area contributed by atoms with Crippen molar-refractivity contribution in [2.75, 3.05) is 0 Å². The van der Waals surface area contributed by atoms with Crippen LogP contribution >= 0.6 is 11.6 Å². The average molecular weight is 200 g/mol. The molecule has 72 valence electrons. The van der Waals surface area contributed by atoms with E-state index >= 15 is 0 Å². The van der Waals surface area contributed by atoms with E-state index in [1.165, 1.54) is 0 Å². The fourth-order valence-corrected chi connectivity index (χ4v) is 1.25. The van der Waals surface area contributed by atoms with Gasteiger partial charge in [0, 0.05) is 17.8 Å². The monoisotopic (exact) mass is 199 g/mol. The van der Waals surface area contributed by atoms with Gasteiger partial charge < -0.3 is 4.74 Å². The first-order valence-corrected chi connectivity index (χ1v) is 4.85. The van der Waals surface area contributed by atoms with E-state index in [-0.39, 0.29) is 6.10 Å². The number of pyridine rings is 1. The third-order valence-corrected chi connectivity index (χ3v) is 1.76. The number of hydrogen-bond donors (Lipinski definition) is 0. The number of hydrogen-bond acceptors (Lipinski definition) is 2. The molecule has 0 radical (unpaired) electrons. The van der Waals surface area contributed by atoms with E-state index < -0.39 is 0 Å². The van der Waals surface area contributed by atoms with Gasteiger partial charge in [0.05, 0.1) is 17.7 Å². The molecule has 0 saturated carbocycles. The number of nitrogens with zero attached hydrogens (tertiary/aromatic N) is 1. The fourth-order valence-electron chi connectivity index (χ4n) is 1.11. The van der Waals surface area contributed by atoms with Gasteiger partial charge in [-0.25, -0.2) is 0 Å². The second-order valence-electron chi connectivity index (χ2n) is 3.24. The van der Waals surface area contributed by atoms with Crippen LogP contribution in [0.4, 0.5) is 0 Å². The first-order valence-electron chi connectivity index (χ1n) is 4.32. The predicted molar refractivity (Wildman–Crippen MR) is 54.3 cm³/mol. The lowest BCUT2D eigenvalue weighted by Gasteiger charge is -2.10. The first-order chi connectivity index (χ1) is 6.11. The van der Waals surface area contributed by atoms with Gasteiger partial charge in [0.2, 0.25) is 0 Å². The Bertz CT molecular complexity index is 286.